The first-order chi connectivity index (χ1) is 7.22. The van der Waals surface area contributed by atoms with Gasteiger partial charge in [0.05, 0.1) is 18.1 Å². The maximum absolute atomic E-state index is 5.19. The summed E-state index contributed by atoms with van der Waals surface area (Å²) in [6.45, 7) is 1.88. The van der Waals surface area contributed by atoms with Gasteiger partial charge in [-0.3, -0.25) is 4.99 Å². The fourth-order valence-electron chi connectivity index (χ4n) is 1.65. The molecule has 0 saturated heterocycles. The maximum atomic E-state index is 5.19. The summed E-state index contributed by atoms with van der Waals surface area (Å²) in [4.78, 5) is 6.63. The van der Waals surface area contributed by atoms with Crippen molar-refractivity contribution in [1.29, 1.82) is 0 Å². The van der Waals surface area contributed by atoms with Gasteiger partial charge in [-0.15, -0.1) is 0 Å². The number of benzene rings is 1. The Morgan fingerprint density at radius 1 is 1.47 bits per heavy atom. The summed E-state index contributed by atoms with van der Waals surface area (Å²) in [6, 6.07) is 6.03. The summed E-state index contributed by atoms with van der Waals surface area (Å²) in [5.41, 5.74) is 1.13. The normalized spacial score (nSPS) is 15.4. The van der Waals surface area contributed by atoms with E-state index in [-0.39, 0.29) is 0 Å². The quantitative estimate of drug-likeness (QED) is 0.821. The van der Waals surface area contributed by atoms with Crippen LogP contribution in [0.5, 0.6) is 5.75 Å². The number of nitrogens with zero attached hydrogens (tertiary/aromatic N) is 2. The number of methoxy groups -OCH3 is 1. The summed E-state index contributed by atoms with van der Waals surface area (Å²) < 4.78 is 6.15. The van der Waals surface area contributed by atoms with Crippen LogP contribution in [0.15, 0.2) is 27.7 Å². The molecule has 1 heterocycles. The zero-order chi connectivity index (χ0) is 10.8. The molecule has 1 aliphatic rings. The SMILES string of the molecule is COc1ccc(C2=NCCN2C)cc1Br. The molecule has 1 aromatic rings. The van der Waals surface area contributed by atoms with Crippen molar-refractivity contribution >= 4 is 21.8 Å². The Hall–Kier alpha value is -1.03. The Bertz CT molecular complexity index is 404. The third-order valence-electron chi connectivity index (χ3n) is 2.47. The van der Waals surface area contributed by atoms with Crippen LogP contribution in [0.2, 0.25) is 0 Å². The van der Waals surface area contributed by atoms with Crippen LogP contribution in [-0.2, 0) is 0 Å². The molecule has 3 nitrogen and oxygen atoms in total. The molecule has 0 bridgehead atoms. The molecule has 0 spiro atoms. The first-order valence-electron chi connectivity index (χ1n) is 4.82. The van der Waals surface area contributed by atoms with Gasteiger partial charge in [-0.1, -0.05) is 0 Å². The molecule has 4 heteroatoms. The van der Waals surface area contributed by atoms with Gasteiger partial charge in [0.2, 0.25) is 0 Å². The van der Waals surface area contributed by atoms with Crippen molar-refractivity contribution in [1.82, 2.24) is 4.90 Å². The van der Waals surface area contributed by atoms with Gasteiger partial charge in [-0.05, 0) is 34.1 Å². The van der Waals surface area contributed by atoms with Crippen LogP contribution in [0, 0.1) is 0 Å². The fraction of sp³-hybridized carbons (Fsp3) is 0.364. The largest absolute Gasteiger partial charge is 0.496 e. The lowest BCUT2D eigenvalue weighted by Crippen LogP contribution is -2.23. The van der Waals surface area contributed by atoms with Crippen molar-refractivity contribution in [3.8, 4) is 5.75 Å². The number of hydrogen-bond acceptors (Lipinski definition) is 3. The van der Waals surface area contributed by atoms with Gasteiger partial charge < -0.3 is 9.64 Å². The van der Waals surface area contributed by atoms with E-state index in [4.69, 9.17) is 4.74 Å². The Labute approximate surface area is 97.9 Å². The molecule has 0 radical (unpaired) electrons. The lowest BCUT2D eigenvalue weighted by atomic mass is 10.2. The van der Waals surface area contributed by atoms with E-state index < -0.39 is 0 Å². The van der Waals surface area contributed by atoms with Gasteiger partial charge >= 0.3 is 0 Å². The highest BCUT2D eigenvalue weighted by Crippen LogP contribution is 2.26. The molecule has 0 aliphatic carbocycles. The van der Waals surface area contributed by atoms with E-state index in [0.29, 0.717) is 0 Å². The first kappa shape index (κ1) is 10.5. The molecule has 0 fully saturated rings. The van der Waals surface area contributed by atoms with Gasteiger partial charge in [0, 0.05) is 19.2 Å². The third-order valence-corrected chi connectivity index (χ3v) is 3.09. The summed E-state index contributed by atoms with van der Waals surface area (Å²) in [5, 5.41) is 0. The van der Waals surface area contributed by atoms with E-state index in [1.807, 2.05) is 18.2 Å². The standard InChI is InChI=1S/C11H13BrN2O/c1-14-6-5-13-11(14)8-3-4-10(15-2)9(12)7-8/h3-4,7H,5-6H2,1-2H3. The monoisotopic (exact) mass is 268 g/mol. The van der Waals surface area contributed by atoms with Crippen molar-refractivity contribution in [3.05, 3.63) is 28.2 Å². The van der Waals surface area contributed by atoms with Crippen molar-refractivity contribution in [2.75, 3.05) is 27.2 Å². The van der Waals surface area contributed by atoms with Crippen LogP contribution >= 0.6 is 15.9 Å². The van der Waals surface area contributed by atoms with Crippen LogP contribution in [0.3, 0.4) is 0 Å². The highest BCUT2D eigenvalue weighted by molar-refractivity contribution is 9.10. The zero-order valence-corrected chi connectivity index (χ0v) is 10.4. The second kappa shape index (κ2) is 4.23. The van der Waals surface area contributed by atoms with Gasteiger partial charge in [-0.2, -0.15) is 0 Å². The predicted molar refractivity (Wildman–Crippen MR) is 64.7 cm³/mol. The molecule has 1 aliphatic heterocycles. The van der Waals surface area contributed by atoms with Crippen LogP contribution in [0.4, 0.5) is 0 Å². The number of likely N-dealkylation sites (N-methyl/N-ethyl adjacent to an activating group) is 1. The number of amidine groups is 1. The second-order valence-electron chi connectivity index (χ2n) is 3.48. The minimum atomic E-state index is 0.847. The van der Waals surface area contributed by atoms with Crippen LogP contribution < -0.4 is 4.74 Å². The van der Waals surface area contributed by atoms with Crippen molar-refractivity contribution in [3.63, 3.8) is 0 Å². The van der Waals surface area contributed by atoms with Gasteiger partial charge in [0.15, 0.2) is 0 Å². The molecule has 0 amide bonds. The summed E-state index contributed by atoms with van der Waals surface area (Å²) in [5.74, 6) is 1.90. The molecule has 0 unspecified atom stereocenters. The predicted octanol–water partition coefficient (Wildman–Crippen LogP) is 2.15. The molecule has 2 rings (SSSR count). The fourth-order valence-corrected chi connectivity index (χ4v) is 2.19. The Morgan fingerprint density at radius 3 is 2.80 bits per heavy atom. The Balaban J connectivity index is 2.34. The number of hydrogen-bond donors (Lipinski definition) is 0. The van der Waals surface area contributed by atoms with E-state index in [0.717, 1.165) is 34.7 Å². The minimum absolute atomic E-state index is 0.847. The van der Waals surface area contributed by atoms with Crippen molar-refractivity contribution in [2.24, 2.45) is 4.99 Å². The second-order valence-corrected chi connectivity index (χ2v) is 4.33. The maximum Gasteiger partial charge on any atom is 0.133 e. The molecule has 15 heavy (non-hydrogen) atoms. The molecule has 80 valence electrons. The van der Waals surface area contributed by atoms with Gasteiger partial charge in [-0.25, -0.2) is 0 Å². The lowest BCUT2D eigenvalue weighted by molar-refractivity contribution is 0.412. The van der Waals surface area contributed by atoms with E-state index >= 15 is 0 Å². The minimum Gasteiger partial charge on any atom is -0.496 e. The summed E-state index contributed by atoms with van der Waals surface area (Å²) >= 11 is 3.48. The summed E-state index contributed by atoms with van der Waals surface area (Å²) in [7, 11) is 3.73. The average Bonchev–Trinajstić information content (AvgIpc) is 2.64. The number of rotatable bonds is 2. The highest BCUT2D eigenvalue weighted by Gasteiger charge is 2.15. The topological polar surface area (TPSA) is 24.8 Å². The number of halogens is 1. The molecule has 0 saturated carbocycles. The van der Waals surface area contributed by atoms with Crippen LogP contribution in [0.1, 0.15) is 5.56 Å². The molecular weight excluding hydrogens is 256 g/mol. The van der Waals surface area contributed by atoms with E-state index in [1.54, 1.807) is 7.11 Å². The van der Waals surface area contributed by atoms with Gasteiger partial charge in [0.25, 0.3) is 0 Å². The number of aliphatic imine (C=N–C) groups is 1. The molecule has 0 N–H and O–H groups in total. The van der Waals surface area contributed by atoms with Gasteiger partial charge in [0.1, 0.15) is 11.6 Å². The summed E-state index contributed by atoms with van der Waals surface area (Å²) in [6.07, 6.45) is 0. The number of ether oxygens (including phenoxy) is 1. The van der Waals surface area contributed by atoms with Crippen molar-refractivity contribution < 1.29 is 4.74 Å². The lowest BCUT2D eigenvalue weighted by Gasteiger charge is -2.14. The molecule has 0 aromatic heterocycles. The third kappa shape index (κ3) is 2.00. The average molecular weight is 269 g/mol. The van der Waals surface area contributed by atoms with Crippen molar-refractivity contribution in [2.45, 2.75) is 0 Å². The van der Waals surface area contributed by atoms with E-state index in [9.17, 15) is 0 Å². The highest BCUT2D eigenvalue weighted by atomic mass is 79.9. The van der Waals surface area contributed by atoms with Crippen LogP contribution in [0.25, 0.3) is 0 Å². The molecule has 1 aromatic carbocycles. The first-order valence-corrected chi connectivity index (χ1v) is 5.61. The van der Waals surface area contributed by atoms with E-state index in [1.165, 1.54) is 0 Å². The zero-order valence-electron chi connectivity index (χ0n) is 8.83. The Kier molecular flexibility index (Phi) is 2.95. The molecular formula is C11H13BrN2O. The molecule has 0 atom stereocenters. The van der Waals surface area contributed by atoms with Crippen LogP contribution in [-0.4, -0.2) is 38.0 Å². The Morgan fingerprint density at radius 2 is 2.27 bits per heavy atom. The van der Waals surface area contributed by atoms with E-state index in [2.05, 4.69) is 32.9 Å². The smallest absolute Gasteiger partial charge is 0.133 e.